The van der Waals surface area contributed by atoms with Crippen molar-refractivity contribution in [1.82, 2.24) is 0 Å². The monoisotopic (exact) mass is 532 g/mol. The summed E-state index contributed by atoms with van der Waals surface area (Å²) in [6.07, 6.45) is 12.5. The largest absolute Gasteiger partial charge is 0.495 e. The van der Waals surface area contributed by atoms with E-state index in [9.17, 15) is 0 Å². The fraction of sp³-hybridized carbons (Fsp3) is 0.526. The van der Waals surface area contributed by atoms with E-state index in [1.807, 2.05) is 33.8 Å². The third kappa shape index (κ3) is 11.6. The molecule has 0 saturated heterocycles. The lowest BCUT2D eigenvalue weighted by Crippen LogP contribution is -2.29. The molecule has 3 rings (SSSR count). The van der Waals surface area contributed by atoms with Gasteiger partial charge in [-0.15, -0.1) is 0 Å². The summed E-state index contributed by atoms with van der Waals surface area (Å²) in [5.41, 5.74) is 7.08. The minimum Gasteiger partial charge on any atom is -0.495 e. The van der Waals surface area contributed by atoms with Gasteiger partial charge in [0.1, 0.15) is 5.76 Å². The van der Waals surface area contributed by atoms with Crippen LogP contribution in [0.2, 0.25) is 0 Å². The van der Waals surface area contributed by atoms with Gasteiger partial charge >= 0.3 is 0 Å². The van der Waals surface area contributed by atoms with Crippen molar-refractivity contribution in [2.75, 3.05) is 7.11 Å². The predicted octanol–water partition coefficient (Wildman–Crippen LogP) is 10.4. The molecular formula is C38H60O. The number of fused-ring (bicyclic) bond motifs is 1. The molecule has 1 aliphatic carbocycles. The average molecular weight is 533 g/mol. The van der Waals surface area contributed by atoms with Crippen LogP contribution in [-0.4, -0.2) is 7.11 Å². The van der Waals surface area contributed by atoms with Crippen molar-refractivity contribution in [3.05, 3.63) is 93.4 Å². The number of hydrogen-bond donors (Lipinski definition) is 0. The van der Waals surface area contributed by atoms with Gasteiger partial charge in [-0.1, -0.05) is 143 Å². The molecule has 218 valence electrons. The van der Waals surface area contributed by atoms with Gasteiger partial charge in [-0.3, -0.25) is 0 Å². The molecule has 0 amide bonds. The SMILES string of the molecule is C=CC1=CCC=c2cccc(C)c2=C1OC.CC.CC.CC(C)CCCCc1c(C(C)C)cccc1C(C)C. The van der Waals surface area contributed by atoms with Crippen LogP contribution < -0.4 is 10.4 Å². The highest BCUT2D eigenvalue weighted by atomic mass is 16.5. The van der Waals surface area contributed by atoms with E-state index >= 15 is 0 Å². The second-order valence-corrected chi connectivity index (χ2v) is 10.7. The molecule has 0 bridgehead atoms. The molecule has 2 aromatic rings. The normalized spacial score (nSPS) is 12.0. The van der Waals surface area contributed by atoms with Gasteiger partial charge in [0.15, 0.2) is 0 Å². The average Bonchev–Trinajstić information content (AvgIpc) is 3.13. The van der Waals surface area contributed by atoms with E-state index in [4.69, 9.17) is 4.74 Å². The van der Waals surface area contributed by atoms with Gasteiger partial charge in [0.25, 0.3) is 0 Å². The summed E-state index contributed by atoms with van der Waals surface area (Å²) in [6, 6.07) is 13.2. The number of rotatable bonds is 9. The maximum absolute atomic E-state index is 5.54. The Morgan fingerprint density at radius 2 is 1.38 bits per heavy atom. The van der Waals surface area contributed by atoms with Gasteiger partial charge in [-0.25, -0.2) is 0 Å². The van der Waals surface area contributed by atoms with E-state index in [0.717, 1.165) is 23.7 Å². The summed E-state index contributed by atoms with van der Waals surface area (Å²) in [6.45, 7) is 27.9. The lowest BCUT2D eigenvalue weighted by Gasteiger charge is -2.19. The highest BCUT2D eigenvalue weighted by molar-refractivity contribution is 5.65. The number of hydrogen-bond acceptors (Lipinski definition) is 1. The quantitative estimate of drug-likeness (QED) is 0.292. The smallest absolute Gasteiger partial charge is 0.133 e. The van der Waals surface area contributed by atoms with Crippen LogP contribution in [0.25, 0.3) is 11.8 Å². The van der Waals surface area contributed by atoms with Crippen LogP contribution in [0.1, 0.15) is 129 Å². The van der Waals surface area contributed by atoms with E-state index in [2.05, 4.69) is 104 Å². The Hall–Kier alpha value is -2.54. The number of unbranched alkanes of at least 4 members (excludes halogenated alkanes) is 1. The molecular weight excluding hydrogens is 472 g/mol. The summed E-state index contributed by atoms with van der Waals surface area (Å²) >= 11 is 0. The number of allylic oxidation sites excluding steroid dienone is 1. The summed E-state index contributed by atoms with van der Waals surface area (Å²) in [7, 11) is 1.72. The number of benzene rings is 2. The van der Waals surface area contributed by atoms with Crippen LogP contribution in [0.15, 0.2) is 60.7 Å². The predicted molar refractivity (Wildman–Crippen MR) is 178 cm³/mol. The Balaban J connectivity index is 0.000000662. The fourth-order valence-corrected chi connectivity index (χ4v) is 4.96. The molecule has 1 aliphatic rings. The minimum absolute atomic E-state index is 0.638. The topological polar surface area (TPSA) is 9.23 Å². The molecule has 0 fully saturated rings. The molecule has 39 heavy (non-hydrogen) atoms. The van der Waals surface area contributed by atoms with Crippen LogP contribution in [-0.2, 0) is 11.2 Å². The standard InChI is InChI=1S/C19H32.C15H16O.2C2H6/c1-14(2)10-7-8-11-19-17(15(3)4)12-9-13-18(19)16(5)6;1-4-12-8-6-10-13-9-5-7-11(2)14(13)15(12)16-3;2*1-2/h9,12-16H,7-8,10-11H2,1-6H3;4-5,7-10H,1,6H2,2-3H3;2*1-2H3. The van der Waals surface area contributed by atoms with Crippen LogP contribution in [0, 0.1) is 12.8 Å². The van der Waals surface area contributed by atoms with Crippen LogP contribution >= 0.6 is 0 Å². The fourth-order valence-electron chi connectivity index (χ4n) is 4.96. The van der Waals surface area contributed by atoms with Crippen LogP contribution in [0.4, 0.5) is 0 Å². The molecule has 0 N–H and O–H groups in total. The minimum atomic E-state index is 0.638. The van der Waals surface area contributed by atoms with E-state index in [-0.39, 0.29) is 0 Å². The second kappa shape index (κ2) is 20.4. The van der Waals surface area contributed by atoms with Crippen LogP contribution in [0.3, 0.4) is 0 Å². The van der Waals surface area contributed by atoms with Crippen molar-refractivity contribution < 1.29 is 4.74 Å². The first kappa shape index (κ1) is 36.5. The summed E-state index contributed by atoms with van der Waals surface area (Å²) in [5.74, 6) is 3.04. The van der Waals surface area contributed by atoms with Crippen molar-refractivity contribution in [1.29, 1.82) is 0 Å². The van der Waals surface area contributed by atoms with E-state index in [1.165, 1.54) is 41.7 Å². The highest BCUT2D eigenvalue weighted by Gasteiger charge is 2.13. The van der Waals surface area contributed by atoms with Crippen molar-refractivity contribution in [3.8, 4) is 0 Å². The summed E-state index contributed by atoms with van der Waals surface area (Å²) in [5, 5.41) is 2.43. The van der Waals surface area contributed by atoms with Crippen molar-refractivity contribution >= 4 is 11.8 Å². The molecule has 1 heteroatoms. The number of aryl methyl sites for hydroxylation is 1. The first-order valence-electron chi connectivity index (χ1n) is 15.5. The van der Waals surface area contributed by atoms with E-state index in [1.54, 1.807) is 23.8 Å². The molecule has 0 radical (unpaired) electrons. The molecule has 0 aromatic heterocycles. The third-order valence-electron chi connectivity index (χ3n) is 6.84. The maximum Gasteiger partial charge on any atom is 0.133 e. The third-order valence-corrected chi connectivity index (χ3v) is 6.84. The lowest BCUT2D eigenvalue weighted by atomic mass is 9.86. The molecule has 1 nitrogen and oxygen atoms in total. The van der Waals surface area contributed by atoms with Crippen molar-refractivity contribution in [2.45, 2.75) is 120 Å². The Bertz CT molecular complexity index is 1090. The molecule has 0 unspecified atom stereocenters. The van der Waals surface area contributed by atoms with Gasteiger partial charge < -0.3 is 4.74 Å². The lowest BCUT2D eigenvalue weighted by molar-refractivity contribution is 0.366. The molecule has 0 atom stereocenters. The Kier molecular flexibility index (Phi) is 19.0. The first-order valence-corrected chi connectivity index (χ1v) is 15.5. The zero-order valence-electron chi connectivity index (χ0n) is 27.6. The zero-order valence-corrected chi connectivity index (χ0v) is 27.6. The summed E-state index contributed by atoms with van der Waals surface area (Å²) < 4.78 is 5.54. The Morgan fingerprint density at radius 3 is 1.87 bits per heavy atom. The van der Waals surface area contributed by atoms with Gasteiger partial charge in [-0.05, 0) is 71.4 Å². The molecule has 0 spiro atoms. The van der Waals surface area contributed by atoms with E-state index < -0.39 is 0 Å². The molecule has 0 heterocycles. The maximum atomic E-state index is 5.54. The number of ether oxygens (including phenoxy) is 1. The Morgan fingerprint density at radius 1 is 0.821 bits per heavy atom. The van der Waals surface area contributed by atoms with Crippen molar-refractivity contribution in [2.24, 2.45) is 5.92 Å². The van der Waals surface area contributed by atoms with Gasteiger partial charge in [0.2, 0.25) is 0 Å². The van der Waals surface area contributed by atoms with Crippen molar-refractivity contribution in [3.63, 3.8) is 0 Å². The van der Waals surface area contributed by atoms with Gasteiger partial charge in [0, 0.05) is 10.8 Å². The Labute approximate surface area is 242 Å². The summed E-state index contributed by atoms with van der Waals surface area (Å²) in [4.78, 5) is 0. The number of methoxy groups -OCH3 is 1. The zero-order chi connectivity index (χ0) is 30.0. The van der Waals surface area contributed by atoms with Gasteiger partial charge in [0.05, 0.1) is 7.11 Å². The first-order chi connectivity index (χ1) is 18.7. The molecule has 2 aromatic carbocycles. The second-order valence-electron chi connectivity index (χ2n) is 10.7. The molecule has 0 saturated carbocycles. The highest BCUT2D eigenvalue weighted by Crippen LogP contribution is 2.29. The molecule has 0 aliphatic heterocycles. The van der Waals surface area contributed by atoms with Gasteiger partial charge in [-0.2, -0.15) is 0 Å². The van der Waals surface area contributed by atoms with E-state index in [0.29, 0.717) is 11.8 Å². The van der Waals surface area contributed by atoms with Crippen LogP contribution in [0.5, 0.6) is 0 Å².